The molecular formula is C100H116B3ClF15O22S4. The Kier molecular flexibility index (Phi) is 69.9. The summed E-state index contributed by atoms with van der Waals surface area (Å²) in [5, 5.41) is 18.7. The Labute approximate surface area is 860 Å². The number of hydrogen-bond acceptors (Lipinski definition) is 26. The molecule has 0 spiro atoms. The summed E-state index contributed by atoms with van der Waals surface area (Å²) in [6.07, 6.45) is -17.1. The molecule has 3 fully saturated rings. The van der Waals surface area contributed by atoms with Gasteiger partial charge in [-0.15, -0.1) is 59.5 Å². The monoisotopic (exact) mass is 2150 g/mol. The van der Waals surface area contributed by atoms with Crippen LogP contribution in [0.2, 0.25) is 0 Å². The van der Waals surface area contributed by atoms with Gasteiger partial charge in [0.2, 0.25) is 0 Å². The van der Waals surface area contributed by atoms with Crippen LogP contribution in [0.4, 0.5) is 65.9 Å². The van der Waals surface area contributed by atoms with E-state index in [1.807, 2.05) is 115 Å². The molecule has 0 saturated carbocycles. The molecule has 22 nitrogen and oxygen atoms in total. The number of methoxy groups -OCH3 is 1. The van der Waals surface area contributed by atoms with Gasteiger partial charge < -0.3 is 71.8 Å². The van der Waals surface area contributed by atoms with Crippen molar-refractivity contribution in [2.24, 2.45) is 0 Å². The third-order valence-corrected chi connectivity index (χ3v) is 21.8. The Morgan fingerprint density at radius 1 is 0.455 bits per heavy atom. The van der Waals surface area contributed by atoms with Crippen LogP contribution in [0.3, 0.4) is 0 Å². The Bertz CT molecular complexity index is 5060. The van der Waals surface area contributed by atoms with Crippen LogP contribution in [-0.4, -0.2) is 204 Å². The number of phenols is 1. The number of aryl methyl sites for hydroxylation is 4. The van der Waals surface area contributed by atoms with Crippen molar-refractivity contribution in [3.8, 4) is 51.7 Å². The number of aliphatic hydroxyl groups excluding tert-OH is 1. The smallest absolute Gasteiger partial charge is 0.416 e. The summed E-state index contributed by atoms with van der Waals surface area (Å²) in [5.74, 6) is 7.10. The zero-order valence-corrected chi connectivity index (χ0v) is 84.3. The van der Waals surface area contributed by atoms with Crippen molar-refractivity contribution in [2.45, 2.75) is 176 Å². The molecule has 0 aliphatic carbocycles. The number of hydrogen-bond donors (Lipinski definition) is 3. The van der Waals surface area contributed by atoms with E-state index in [1.165, 1.54) is 80.1 Å². The van der Waals surface area contributed by atoms with Crippen LogP contribution in [0, 0.1) is 27.7 Å². The van der Waals surface area contributed by atoms with Gasteiger partial charge in [-0.1, -0.05) is 21.3 Å². The zero-order valence-electron chi connectivity index (χ0n) is 80.2. The molecule has 0 amide bonds. The van der Waals surface area contributed by atoms with E-state index in [2.05, 4.69) is 41.1 Å². The summed E-state index contributed by atoms with van der Waals surface area (Å²) in [6.45, 7) is 24.4. The molecule has 3 aliphatic rings. The average molecular weight is 2150 g/mol. The highest BCUT2D eigenvalue weighted by Gasteiger charge is 2.34. The number of carbonyl (C=O) groups is 1. The number of epoxide rings is 2. The van der Waals surface area contributed by atoms with Crippen molar-refractivity contribution in [1.82, 2.24) is 0 Å². The van der Waals surface area contributed by atoms with Crippen molar-refractivity contribution in [3.05, 3.63) is 244 Å². The molecule has 0 bridgehead atoms. The molecule has 2 N–H and O–H groups in total. The molecule has 5 radical (unpaired) electrons. The van der Waals surface area contributed by atoms with Crippen molar-refractivity contribution in [3.63, 3.8) is 0 Å². The molecule has 3 heterocycles. The molecule has 145 heavy (non-hydrogen) atoms. The third kappa shape index (κ3) is 63.7. The lowest BCUT2D eigenvalue weighted by Gasteiger charge is -2.18. The van der Waals surface area contributed by atoms with Gasteiger partial charge in [-0.25, -0.2) is 0 Å². The molecule has 45 heteroatoms. The fourth-order valence-electron chi connectivity index (χ4n) is 10.7. The number of alkyl halides is 16. The lowest BCUT2D eigenvalue weighted by molar-refractivity contribution is -0.193. The first-order chi connectivity index (χ1) is 68.2. The molecular weight excluding hydrogens is 2030 g/mol. The van der Waals surface area contributed by atoms with Gasteiger partial charge in [0, 0.05) is 85.8 Å². The van der Waals surface area contributed by atoms with Gasteiger partial charge >= 0.3 is 49.3 Å². The van der Waals surface area contributed by atoms with E-state index < -0.39 is 64.8 Å². The maximum atomic E-state index is 12.6. The lowest BCUT2D eigenvalue weighted by atomic mass is 9.40. The van der Waals surface area contributed by atoms with Crippen molar-refractivity contribution < 1.29 is 171 Å². The summed E-state index contributed by atoms with van der Waals surface area (Å²) >= 11 is 14.2. The highest BCUT2D eigenvalue weighted by molar-refractivity contribution is 7.99. The van der Waals surface area contributed by atoms with Gasteiger partial charge in [-0.2, -0.15) is 94.6 Å². The zero-order chi connectivity index (χ0) is 108. The normalized spacial score (nSPS) is 13.3. The van der Waals surface area contributed by atoms with Crippen molar-refractivity contribution >= 4 is 106 Å². The second-order valence-corrected chi connectivity index (χ2v) is 33.7. The van der Waals surface area contributed by atoms with Crippen LogP contribution in [0.25, 0.3) is 0 Å². The number of thiol groups is 1. The van der Waals surface area contributed by atoms with Gasteiger partial charge in [0.15, 0.2) is 5.78 Å². The Balaban J connectivity index is 0.00000168. The number of aliphatic hydroxyl groups is 1. The first kappa shape index (κ1) is 135. The number of phenolic OH excluding ortho intramolecular Hbond substituents is 1. The maximum Gasteiger partial charge on any atom is 0.416 e. The lowest BCUT2D eigenvalue weighted by Crippen LogP contribution is -2.24. The predicted molar refractivity (Wildman–Crippen MR) is 525 cm³/mol. The molecule has 5 atom stereocenters. The largest absolute Gasteiger partial charge is 0.508 e. The SMILES string of the molecule is C.C1CCOC1.CC(=O)COc1ccc(S)cc1C.CCCOc1ccc(SCC(COc2ccc(C(F)(F)F)cc2)OCC)cc1C.CCCOc1ccc(SCC(O)COc2ccc(C(F)(F)F)cc2)cc1C.CCOC(COc1ccc(C(F)(F)F)cc1)CSc1ccc(OC)c(C)c1.ClCC1CO1.FC(F)(F)c1ccc(OCC2CO2)cc1.O=C=O.O=C=O.O=C=O.Oc1ccc(C(F)(F)F)cc1.[B][B][B]. The summed E-state index contributed by atoms with van der Waals surface area (Å²) < 4.78 is 255. The van der Waals surface area contributed by atoms with Gasteiger partial charge in [0.25, 0.3) is 0 Å². The number of aromatic hydroxyl groups is 1. The second-order valence-electron chi connectivity index (χ2n) is 29.6. The standard InChI is InChI=1S/C22H27F3O3S.2C20H23F3O3S.C10H9F3O2.C10H12O2S.C7H5F3O.C4H8O.C3H5ClO.3CO2.CH4.B3/c1-4-12-27-21-11-10-20(13-16(21)3)29-15-19(26-5-2)14-28-18-8-6-17(7-9-18)22(23,24)25;1-4-25-17(13-27-18-9-10-19(24-3)14(2)11-18)12-26-16-7-5-15(6-8-16)20(21,22)23;1-3-10-25-19-9-8-18(11-14(19)2)27-13-16(24)12-26-17-6-4-15(5-7-17)20(21,22)23;11-10(12,13)7-1-3-8(4-2-7)14-5-9-6-15-9;1-7-5-9(13)3-4-10(7)12-6-8(2)11;8-7(9,10)5-1-3-6(11)4-2-5;1-2-4-5-3-1;4-1-3-2-5-3;3*2-1-3;;1-3-2/h6-11,13,19H,4-5,12,14-15H2,1-3H3;5-11,17H,4,12-13H2,1-3H3;4-9,11,16,24H,3,10,12-13H2,1-2H3;1-4,9H,5-6H2;3-5,13H,6H2,1-2H3;1-4,11H;1-4H2;3H,1-2H2;;;;1H4;. The molecule has 9 aromatic rings. The highest BCUT2D eigenvalue weighted by atomic mass is 35.5. The number of Topliss-reactive ketones (excluding diaryl/α,β-unsaturated/α-hetero) is 1. The third-order valence-electron chi connectivity index (χ3n) is 17.8. The quantitative estimate of drug-likeness (QED) is 0.00821. The fourth-order valence-corrected chi connectivity index (χ4v) is 14.0. The topological polar surface area (TPSA) is 287 Å². The number of benzene rings is 9. The predicted octanol–water partition coefficient (Wildman–Crippen LogP) is 23.6. The van der Waals surface area contributed by atoms with E-state index in [9.17, 15) is 75.8 Å². The van der Waals surface area contributed by atoms with Crippen LogP contribution in [0.15, 0.2) is 214 Å². The number of rotatable bonds is 36. The Morgan fingerprint density at radius 3 is 1.02 bits per heavy atom. The van der Waals surface area contributed by atoms with Crippen LogP contribution in [0.5, 0.6) is 51.7 Å². The second kappa shape index (κ2) is 75.3. The fraction of sp³-hybridized carbons (Fsp3) is 0.420. The maximum absolute atomic E-state index is 12.6. The molecule has 9 aromatic carbocycles. The van der Waals surface area contributed by atoms with Gasteiger partial charge in [0.1, 0.15) is 103 Å². The first-order valence-electron chi connectivity index (χ1n) is 43.7. The van der Waals surface area contributed by atoms with Crippen LogP contribution < -0.4 is 37.9 Å². The molecule has 3 aliphatic heterocycles. The molecule has 793 valence electrons. The van der Waals surface area contributed by atoms with Crippen molar-refractivity contribution in [1.29, 1.82) is 0 Å². The van der Waals surface area contributed by atoms with Crippen LogP contribution in [-0.2, 0) is 88.1 Å². The van der Waals surface area contributed by atoms with E-state index in [4.69, 9.17) is 107 Å². The summed E-state index contributed by atoms with van der Waals surface area (Å²) in [7, 11) is 11.6. The highest BCUT2D eigenvalue weighted by Crippen LogP contribution is 2.38. The Hall–Kier alpha value is -10.4. The molecule has 5 unspecified atom stereocenters. The van der Waals surface area contributed by atoms with E-state index in [0.29, 0.717) is 91.9 Å². The number of thioether (sulfide) groups is 3. The summed E-state index contributed by atoms with van der Waals surface area (Å²) in [5.41, 5.74) is 0.622. The van der Waals surface area contributed by atoms with Crippen molar-refractivity contribution in [2.75, 3.05) is 116 Å². The van der Waals surface area contributed by atoms with E-state index >= 15 is 0 Å². The average Bonchev–Trinajstić information content (AvgIpc) is 1.23. The van der Waals surface area contributed by atoms with Crippen LogP contribution in [0.1, 0.15) is 118 Å². The van der Waals surface area contributed by atoms with Gasteiger partial charge in [-0.05, 0) is 291 Å². The number of carbonyl (C=O) groups excluding carboxylic acids is 7. The van der Waals surface area contributed by atoms with E-state index in [1.54, 1.807) is 30.6 Å². The minimum atomic E-state index is -4.37. The first-order valence-corrected chi connectivity index (χ1v) is 47.6. The number of ketones is 1. The number of ether oxygens (including phenoxy) is 13. The van der Waals surface area contributed by atoms with Crippen LogP contribution >= 0.6 is 59.5 Å². The van der Waals surface area contributed by atoms with E-state index in [0.717, 1.165) is 177 Å². The summed E-state index contributed by atoms with van der Waals surface area (Å²) in [6, 6.07) is 45.5. The molecule has 0 aromatic heterocycles. The number of halogens is 16. The van der Waals surface area contributed by atoms with E-state index in [-0.39, 0.29) is 82.2 Å². The molecule has 3 saturated heterocycles. The summed E-state index contributed by atoms with van der Waals surface area (Å²) in [4.78, 5) is 63.5. The minimum absolute atomic E-state index is 0. The minimum Gasteiger partial charge on any atom is -0.508 e. The van der Waals surface area contributed by atoms with Gasteiger partial charge in [-0.3, -0.25) is 4.79 Å². The molecule has 12 rings (SSSR count). The van der Waals surface area contributed by atoms with Gasteiger partial charge in [0.05, 0.1) is 79.4 Å². The Morgan fingerprint density at radius 2 is 0.752 bits per heavy atom.